The maximum absolute atomic E-state index is 12.7. The van der Waals surface area contributed by atoms with Crippen LogP contribution in [-0.2, 0) is 15.1 Å². The molecule has 0 bridgehead atoms. The highest BCUT2D eigenvalue weighted by atomic mass is 32.1. The maximum atomic E-state index is 12.7. The number of ether oxygens (including phenoxy) is 1. The number of nitrogens with one attached hydrogen (secondary N) is 2. The third-order valence-corrected chi connectivity index (χ3v) is 5.14. The van der Waals surface area contributed by atoms with E-state index in [1.807, 2.05) is 18.4 Å². The van der Waals surface area contributed by atoms with E-state index >= 15 is 0 Å². The monoisotopic (exact) mass is 373 g/mol. The Balaban J connectivity index is 1.72. The number of hydrogen-bond donors (Lipinski definition) is 2. The second-order valence-electron chi connectivity index (χ2n) is 5.90. The molecule has 3 rings (SSSR count). The number of benzene rings is 1. The Morgan fingerprint density at radius 3 is 2.73 bits per heavy atom. The fourth-order valence-electron chi connectivity index (χ4n) is 2.76. The molecule has 8 heteroatoms. The highest BCUT2D eigenvalue weighted by molar-refractivity contribution is 7.10. The van der Waals surface area contributed by atoms with Crippen LogP contribution in [0.5, 0.6) is 5.75 Å². The summed E-state index contributed by atoms with van der Waals surface area (Å²) in [4.78, 5) is 39.0. The third kappa shape index (κ3) is 3.28. The van der Waals surface area contributed by atoms with Crippen LogP contribution in [0.25, 0.3) is 0 Å². The molecule has 1 aliphatic rings. The average molecular weight is 373 g/mol. The van der Waals surface area contributed by atoms with E-state index in [1.54, 1.807) is 37.3 Å². The van der Waals surface area contributed by atoms with Gasteiger partial charge in [-0.15, -0.1) is 11.3 Å². The number of rotatable bonds is 6. The SMILES string of the molecule is CCOc1ccccc1NC(=O)CN1C(=O)NC(C)(c2cccs2)C1=O. The van der Waals surface area contributed by atoms with E-state index in [1.165, 1.54) is 11.3 Å². The number of hydrogen-bond acceptors (Lipinski definition) is 5. The summed E-state index contributed by atoms with van der Waals surface area (Å²) in [6, 6.07) is 10.0. The lowest BCUT2D eigenvalue weighted by Gasteiger charge is -2.20. The van der Waals surface area contributed by atoms with E-state index in [2.05, 4.69) is 10.6 Å². The van der Waals surface area contributed by atoms with Crippen LogP contribution in [0.2, 0.25) is 0 Å². The summed E-state index contributed by atoms with van der Waals surface area (Å²) in [7, 11) is 0. The number of carbonyl (C=O) groups is 3. The van der Waals surface area contributed by atoms with Crippen LogP contribution in [-0.4, -0.2) is 35.9 Å². The molecule has 0 radical (unpaired) electrons. The average Bonchev–Trinajstić information content (AvgIpc) is 3.22. The Bertz CT molecular complexity index is 837. The van der Waals surface area contributed by atoms with Gasteiger partial charge < -0.3 is 15.4 Å². The molecule has 1 fully saturated rings. The molecule has 2 N–H and O–H groups in total. The van der Waals surface area contributed by atoms with Gasteiger partial charge in [0.05, 0.1) is 12.3 Å². The first-order valence-corrected chi connectivity index (χ1v) is 9.03. The minimum absolute atomic E-state index is 0.369. The summed E-state index contributed by atoms with van der Waals surface area (Å²) in [5, 5.41) is 7.20. The highest BCUT2D eigenvalue weighted by Gasteiger charge is 2.50. The summed E-state index contributed by atoms with van der Waals surface area (Å²) in [6.45, 7) is 3.57. The molecular weight excluding hydrogens is 354 g/mol. The zero-order valence-electron chi connectivity index (χ0n) is 14.4. The Hall–Kier alpha value is -2.87. The van der Waals surface area contributed by atoms with E-state index < -0.39 is 23.4 Å². The molecule has 1 saturated heterocycles. The summed E-state index contributed by atoms with van der Waals surface area (Å²) in [6.07, 6.45) is 0. The topological polar surface area (TPSA) is 87.7 Å². The molecular formula is C18H19N3O4S. The smallest absolute Gasteiger partial charge is 0.325 e. The quantitative estimate of drug-likeness (QED) is 0.762. The predicted octanol–water partition coefficient (Wildman–Crippen LogP) is 2.55. The number of imide groups is 1. The van der Waals surface area contributed by atoms with E-state index in [4.69, 9.17) is 4.74 Å². The van der Waals surface area contributed by atoms with Crippen molar-refractivity contribution in [1.82, 2.24) is 10.2 Å². The standard InChI is InChI=1S/C18H19N3O4S/c1-3-25-13-8-5-4-7-12(13)19-15(22)11-21-16(23)18(2,20-17(21)24)14-9-6-10-26-14/h4-10H,3,11H2,1-2H3,(H,19,22)(H,20,24). The van der Waals surface area contributed by atoms with Crippen molar-refractivity contribution in [2.24, 2.45) is 0 Å². The van der Waals surface area contributed by atoms with Gasteiger partial charge in [-0.25, -0.2) is 4.79 Å². The molecule has 26 heavy (non-hydrogen) atoms. The van der Waals surface area contributed by atoms with Gasteiger partial charge in [0.1, 0.15) is 12.3 Å². The molecule has 1 unspecified atom stereocenters. The van der Waals surface area contributed by atoms with Gasteiger partial charge in [-0.1, -0.05) is 18.2 Å². The highest BCUT2D eigenvalue weighted by Crippen LogP contribution is 2.32. The van der Waals surface area contributed by atoms with E-state index in [-0.39, 0.29) is 6.54 Å². The number of urea groups is 1. The van der Waals surface area contributed by atoms with Crippen molar-refractivity contribution in [2.75, 3.05) is 18.5 Å². The summed E-state index contributed by atoms with van der Waals surface area (Å²) in [5.74, 6) is -0.391. The Kier molecular flexibility index (Phi) is 4.94. The molecule has 0 aliphatic carbocycles. The van der Waals surface area contributed by atoms with Crippen molar-refractivity contribution < 1.29 is 19.1 Å². The molecule has 1 atom stereocenters. The van der Waals surface area contributed by atoms with Crippen molar-refractivity contribution in [3.8, 4) is 5.75 Å². The fourth-order valence-corrected chi connectivity index (χ4v) is 3.59. The third-order valence-electron chi connectivity index (χ3n) is 4.05. The Morgan fingerprint density at radius 1 is 1.27 bits per heavy atom. The number of anilines is 1. The van der Waals surface area contributed by atoms with Crippen LogP contribution in [0, 0.1) is 0 Å². The molecule has 2 heterocycles. The zero-order valence-corrected chi connectivity index (χ0v) is 15.3. The lowest BCUT2D eigenvalue weighted by molar-refractivity contribution is -0.133. The number of thiophene rings is 1. The van der Waals surface area contributed by atoms with Gasteiger partial charge >= 0.3 is 6.03 Å². The zero-order chi connectivity index (χ0) is 18.7. The first kappa shape index (κ1) is 17.9. The largest absolute Gasteiger partial charge is 0.492 e. The molecule has 1 aliphatic heterocycles. The number of carbonyl (C=O) groups excluding carboxylic acids is 3. The lowest BCUT2D eigenvalue weighted by atomic mass is 10.0. The van der Waals surface area contributed by atoms with E-state index in [0.717, 1.165) is 9.78 Å². The first-order valence-electron chi connectivity index (χ1n) is 8.15. The van der Waals surface area contributed by atoms with Crippen LogP contribution in [0.1, 0.15) is 18.7 Å². The molecule has 0 saturated carbocycles. The van der Waals surface area contributed by atoms with Crippen molar-refractivity contribution in [2.45, 2.75) is 19.4 Å². The van der Waals surface area contributed by atoms with Crippen LogP contribution in [0.15, 0.2) is 41.8 Å². The van der Waals surface area contributed by atoms with Crippen LogP contribution in [0.3, 0.4) is 0 Å². The van der Waals surface area contributed by atoms with Crippen LogP contribution >= 0.6 is 11.3 Å². The Morgan fingerprint density at radius 2 is 2.04 bits per heavy atom. The van der Waals surface area contributed by atoms with E-state index in [9.17, 15) is 14.4 Å². The van der Waals surface area contributed by atoms with Crippen molar-refractivity contribution >= 4 is 34.9 Å². The summed E-state index contributed by atoms with van der Waals surface area (Å²) < 4.78 is 5.46. The minimum atomic E-state index is -1.14. The molecule has 136 valence electrons. The van der Waals surface area contributed by atoms with Gasteiger partial charge in [-0.2, -0.15) is 0 Å². The molecule has 1 aromatic heterocycles. The number of nitrogens with zero attached hydrogens (tertiary/aromatic N) is 1. The maximum Gasteiger partial charge on any atom is 0.325 e. The molecule has 2 aromatic rings. The predicted molar refractivity (Wildman–Crippen MR) is 98.2 cm³/mol. The van der Waals surface area contributed by atoms with Gasteiger partial charge in [0.15, 0.2) is 5.54 Å². The van der Waals surface area contributed by atoms with Gasteiger partial charge in [0, 0.05) is 4.88 Å². The van der Waals surface area contributed by atoms with Gasteiger partial charge in [0.2, 0.25) is 5.91 Å². The second kappa shape index (κ2) is 7.17. The molecule has 7 nitrogen and oxygen atoms in total. The second-order valence-corrected chi connectivity index (χ2v) is 6.85. The number of amides is 4. The Labute approximate surface area is 155 Å². The van der Waals surface area contributed by atoms with Crippen LogP contribution < -0.4 is 15.4 Å². The number of para-hydroxylation sites is 2. The van der Waals surface area contributed by atoms with Crippen LogP contribution in [0.4, 0.5) is 10.5 Å². The lowest BCUT2D eigenvalue weighted by Crippen LogP contribution is -2.41. The van der Waals surface area contributed by atoms with Gasteiger partial charge in [0.25, 0.3) is 5.91 Å². The van der Waals surface area contributed by atoms with Gasteiger partial charge in [-0.05, 0) is 37.4 Å². The molecule has 4 amide bonds. The van der Waals surface area contributed by atoms with E-state index in [0.29, 0.717) is 18.0 Å². The van der Waals surface area contributed by atoms with Gasteiger partial charge in [-0.3, -0.25) is 14.5 Å². The minimum Gasteiger partial charge on any atom is -0.492 e. The normalized spacial score (nSPS) is 19.4. The molecule has 1 aromatic carbocycles. The van der Waals surface area contributed by atoms with Crippen molar-refractivity contribution in [3.63, 3.8) is 0 Å². The van der Waals surface area contributed by atoms with Crippen molar-refractivity contribution in [1.29, 1.82) is 0 Å². The first-order chi connectivity index (χ1) is 12.5. The summed E-state index contributed by atoms with van der Waals surface area (Å²) in [5.41, 5.74) is -0.651. The fraction of sp³-hybridized carbons (Fsp3) is 0.278. The molecule has 0 spiro atoms. The summed E-state index contributed by atoms with van der Waals surface area (Å²) >= 11 is 1.38. The van der Waals surface area contributed by atoms with Crippen molar-refractivity contribution in [3.05, 3.63) is 46.7 Å².